The minimum atomic E-state index is -0.422. The van der Waals surface area contributed by atoms with Crippen LogP contribution in [0.2, 0.25) is 0 Å². The third kappa shape index (κ3) is 4.49. The van der Waals surface area contributed by atoms with E-state index in [1.165, 1.54) is 12.1 Å². The number of halogens is 1. The highest BCUT2D eigenvalue weighted by atomic mass is 32.1. The van der Waals surface area contributed by atoms with Crippen LogP contribution in [0, 0.1) is 5.82 Å². The van der Waals surface area contributed by atoms with Crippen molar-refractivity contribution in [2.75, 3.05) is 0 Å². The van der Waals surface area contributed by atoms with Crippen molar-refractivity contribution in [3.8, 4) is 45.3 Å². The third-order valence-electron chi connectivity index (χ3n) is 7.68. The van der Waals surface area contributed by atoms with E-state index in [2.05, 4.69) is 15.0 Å². The molecule has 0 unspecified atom stereocenters. The number of benzene rings is 6. The molecule has 0 spiro atoms. The molecule has 9 rings (SSSR count). The fourth-order valence-corrected chi connectivity index (χ4v) is 7.71. The van der Waals surface area contributed by atoms with Gasteiger partial charge >= 0.3 is 0 Å². The van der Waals surface area contributed by atoms with Crippen LogP contribution in [0.1, 0.15) is 8.22 Å². The van der Waals surface area contributed by atoms with Crippen LogP contribution in [-0.2, 0) is 0 Å². The maximum absolute atomic E-state index is 13.8. The van der Waals surface area contributed by atoms with E-state index in [9.17, 15) is 9.87 Å². The minimum Gasteiger partial charge on any atom is -0.208 e. The van der Waals surface area contributed by atoms with Crippen molar-refractivity contribution >= 4 is 63.0 Å². The van der Waals surface area contributed by atoms with E-state index >= 15 is 0 Å². The fourth-order valence-electron chi connectivity index (χ4n) is 5.51. The molecule has 0 aliphatic rings. The van der Waals surface area contributed by atoms with Gasteiger partial charge in [0.25, 0.3) is 0 Å². The highest BCUT2D eigenvalue weighted by Gasteiger charge is 2.16. The van der Waals surface area contributed by atoms with Crippen LogP contribution in [0.4, 0.5) is 4.39 Å². The number of hydrogen-bond acceptors (Lipinski definition) is 5. The first-order valence-corrected chi connectivity index (χ1v) is 15.8. The Balaban J connectivity index is 1.31. The van der Waals surface area contributed by atoms with E-state index in [0.29, 0.717) is 26.1 Å². The molecular formula is C39H22FN3S2. The van der Waals surface area contributed by atoms with Crippen LogP contribution in [-0.4, -0.2) is 15.0 Å². The van der Waals surface area contributed by atoms with Gasteiger partial charge in [0.15, 0.2) is 17.5 Å². The zero-order valence-corrected chi connectivity index (χ0v) is 24.9. The van der Waals surface area contributed by atoms with Crippen LogP contribution in [0.15, 0.2) is 133 Å². The van der Waals surface area contributed by atoms with E-state index in [0.717, 1.165) is 31.5 Å². The van der Waals surface area contributed by atoms with Gasteiger partial charge in [-0.3, -0.25) is 0 Å². The monoisotopic (exact) mass is 621 g/mol. The van der Waals surface area contributed by atoms with Crippen molar-refractivity contribution < 1.29 is 12.6 Å². The zero-order chi connectivity index (χ0) is 35.1. The van der Waals surface area contributed by atoms with Crippen LogP contribution < -0.4 is 0 Å². The van der Waals surface area contributed by atoms with Gasteiger partial charge in [0.05, 0.1) is 8.22 Å². The normalized spacial score (nSPS) is 13.5. The second-order valence-electron chi connectivity index (χ2n) is 10.5. The van der Waals surface area contributed by atoms with Gasteiger partial charge in [0, 0.05) is 57.0 Å². The number of aromatic nitrogens is 3. The van der Waals surface area contributed by atoms with E-state index in [1.807, 2.05) is 72.8 Å². The summed E-state index contributed by atoms with van der Waals surface area (Å²) in [6, 6.07) is 27.7. The standard InChI is InChI=1S/C39H22FN3S2/c40-27-17-13-24(14-18-27)38-41-37(23-7-2-1-3-8-23)42-39(43-38)26-15-19-30-32-21-25(16-20-34(32)44-35(30)22-26)28-10-6-11-31-29-9-4-5-12-33(29)45-36(28)31/h1-22H/i15D,16D,19D,20D,21D,22D. The largest absolute Gasteiger partial charge is 0.208 e. The lowest BCUT2D eigenvalue weighted by Gasteiger charge is -2.08. The average Bonchev–Trinajstić information content (AvgIpc) is 3.75. The van der Waals surface area contributed by atoms with E-state index in [1.54, 1.807) is 23.5 Å². The van der Waals surface area contributed by atoms with Crippen LogP contribution in [0.5, 0.6) is 0 Å². The van der Waals surface area contributed by atoms with Crippen molar-refractivity contribution in [3.05, 3.63) is 139 Å². The highest BCUT2D eigenvalue weighted by molar-refractivity contribution is 7.26. The smallest absolute Gasteiger partial charge is 0.164 e. The summed E-state index contributed by atoms with van der Waals surface area (Å²) in [7, 11) is 0. The van der Waals surface area contributed by atoms with Crippen molar-refractivity contribution in [2.24, 2.45) is 0 Å². The summed E-state index contributed by atoms with van der Waals surface area (Å²) < 4.78 is 72.0. The van der Waals surface area contributed by atoms with Gasteiger partial charge in [-0.15, -0.1) is 22.7 Å². The Labute approximate surface area is 274 Å². The molecule has 0 aliphatic carbocycles. The lowest BCUT2D eigenvalue weighted by atomic mass is 10.0. The summed E-state index contributed by atoms with van der Waals surface area (Å²) in [5, 5.41) is 2.55. The maximum Gasteiger partial charge on any atom is 0.164 e. The van der Waals surface area contributed by atoms with Crippen molar-refractivity contribution in [1.82, 2.24) is 15.0 Å². The number of hydrogen-bond donors (Lipinski definition) is 0. The Kier molecular flexibility index (Phi) is 4.77. The van der Waals surface area contributed by atoms with Gasteiger partial charge in [0.2, 0.25) is 0 Å². The molecule has 3 aromatic heterocycles. The zero-order valence-electron chi connectivity index (χ0n) is 29.3. The van der Waals surface area contributed by atoms with Crippen molar-refractivity contribution in [2.45, 2.75) is 0 Å². The lowest BCUT2D eigenvalue weighted by molar-refractivity contribution is 0.628. The molecule has 0 N–H and O–H groups in total. The van der Waals surface area contributed by atoms with Gasteiger partial charge in [-0.25, -0.2) is 19.3 Å². The summed E-state index contributed by atoms with van der Waals surface area (Å²) in [5.41, 5.74) is 2.11. The van der Waals surface area contributed by atoms with E-state index < -0.39 is 5.82 Å². The Hall–Kier alpha value is -5.30. The Morgan fingerprint density at radius 3 is 1.98 bits per heavy atom. The molecule has 0 aliphatic heterocycles. The summed E-state index contributed by atoms with van der Waals surface area (Å²) in [6.45, 7) is 0. The second-order valence-corrected chi connectivity index (χ2v) is 12.5. The molecule has 0 fully saturated rings. The molecule has 0 amide bonds. The van der Waals surface area contributed by atoms with Crippen molar-refractivity contribution in [3.63, 3.8) is 0 Å². The van der Waals surface area contributed by atoms with Gasteiger partial charge in [-0.1, -0.05) is 84.9 Å². The van der Waals surface area contributed by atoms with Gasteiger partial charge in [-0.2, -0.15) is 0 Å². The molecule has 0 saturated carbocycles. The molecule has 9 aromatic rings. The lowest BCUT2D eigenvalue weighted by Crippen LogP contribution is -2.00. The van der Waals surface area contributed by atoms with Gasteiger partial charge in [0.1, 0.15) is 5.82 Å². The van der Waals surface area contributed by atoms with Gasteiger partial charge in [-0.05, 0) is 59.6 Å². The molecule has 45 heavy (non-hydrogen) atoms. The quantitative estimate of drug-likeness (QED) is 0.196. The molecule has 3 heterocycles. The van der Waals surface area contributed by atoms with Crippen LogP contribution >= 0.6 is 22.7 Å². The summed E-state index contributed by atoms with van der Waals surface area (Å²) in [5.74, 6) is 0.0692. The maximum atomic E-state index is 13.8. The predicted octanol–water partition coefficient (Wildman–Crippen LogP) is 11.4. The SMILES string of the molecule is [2H]c1c(-c2cccc3c2sc2ccccc23)c([2H])c2c(sc3c([2H])c(-c4nc(-c5ccccc5)nc(-c5ccc(F)cc5)n4)c([2H])c([2H])c32)c1[2H]. The minimum absolute atomic E-state index is 0.00132. The van der Waals surface area contributed by atoms with E-state index in [4.69, 9.17) is 2.74 Å². The summed E-state index contributed by atoms with van der Waals surface area (Å²) >= 11 is 2.63. The average molecular weight is 622 g/mol. The molecule has 212 valence electrons. The Bertz CT molecular complexity index is 2890. The molecule has 3 nitrogen and oxygen atoms in total. The predicted molar refractivity (Wildman–Crippen MR) is 187 cm³/mol. The number of rotatable bonds is 4. The van der Waals surface area contributed by atoms with Crippen LogP contribution in [0.3, 0.4) is 0 Å². The molecular weight excluding hydrogens is 594 g/mol. The molecule has 0 atom stereocenters. The van der Waals surface area contributed by atoms with E-state index in [-0.39, 0.29) is 75.6 Å². The number of thiophene rings is 2. The molecule has 6 heteroatoms. The van der Waals surface area contributed by atoms with Crippen LogP contribution in [0.25, 0.3) is 85.6 Å². The summed E-state index contributed by atoms with van der Waals surface area (Å²) in [6.07, 6.45) is 0. The number of nitrogens with zero attached hydrogens (tertiary/aromatic N) is 3. The second kappa shape index (κ2) is 10.4. The fraction of sp³-hybridized carbons (Fsp3) is 0. The number of fused-ring (bicyclic) bond motifs is 6. The first kappa shape index (κ1) is 20.6. The molecule has 0 radical (unpaired) electrons. The van der Waals surface area contributed by atoms with Gasteiger partial charge < -0.3 is 0 Å². The molecule has 6 aromatic carbocycles. The third-order valence-corrected chi connectivity index (χ3v) is 9.92. The molecule has 0 saturated heterocycles. The highest BCUT2D eigenvalue weighted by Crippen LogP contribution is 2.42. The summed E-state index contributed by atoms with van der Waals surface area (Å²) in [4.78, 5) is 13.9. The van der Waals surface area contributed by atoms with Crippen molar-refractivity contribution in [1.29, 1.82) is 0 Å². The Morgan fingerprint density at radius 1 is 0.467 bits per heavy atom. The first-order valence-electron chi connectivity index (χ1n) is 17.2. The first-order chi connectivity index (χ1) is 24.7. The Morgan fingerprint density at radius 2 is 1.16 bits per heavy atom. The molecule has 0 bridgehead atoms. The topological polar surface area (TPSA) is 38.7 Å².